The largest absolute Gasteiger partial charge is 0.481 e. The molecule has 0 aliphatic carbocycles. The summed E-state index contributed by atoms with van der Waals surface area (Å²) in [6, 6.07) is 0.541. The lowest BCUT2D eigenvalue weighted by Gasteiger charge is -2.28. The van der Waals surface area contributed by atoms with Crippen molar-refractivity contribution >= 4 is 5.97 Å². The average Bonchev–Trinajstić information content (AvgIpc) is 2.54. The van der Waals surface area contributed by atoms with Crippen LogP contribution in [-0.4, -0.2) is 48.7 Å². The van der Waals surface area contributed by atoms with Gasteiger partial charge in [-0.3, -0.25) is 4.79 Å². The van der Waals surface area contributed by atoms with E-state index in [0.29, 0.717) is 12.6 Å². The van der Waals surface area contributed by atoms with Crippen molar-refractivity contribution in [3.63, 3.8) is 0 Å². The van der Waals surface area contributed by atoms with Gasteiger partial charge in [-0.25, -0.2) is 0 Å². The van der Waals surface area contributed by atoms with Gasteiger partial charge < -0.3 is 15.3 Å². The first kappa shape index (κ1) is 12.5. The van der Waals surface area contributed by atoms with Gasteiger partial charge in [0, 0.05) is 19.1 Å². The summed E-state index contributed by atoms with van der Waals surface area (Å²) in [7, 11) is 1.99. The fourth-order valence-electron chi connectivity index (χ4n) is 2.10. The third-order valence-electron chi connectivity index (χ3n) is 2.94. The highest BCUT2D eigenvalue weighted by atomic mass is 16.4. The molecular formula is C11H22N2O2. The predicted molar refractivity (Wildman–Crippen MR) is 59.9 cm³/mol. The monoisotopic (exact) mass is 214 g/mol. The molecule has 1 heterocycles. The van der Waals surface area contributed by atoms with E-state index in [1.807, 2.05) is 7.05 Å². The number of carbonyl (C=O) groups is 1. The Morgan fingerprint density at radius 1 is 1.60 bits per heavy atom. The van der Waals surface area contributed by atoms with Crippen LogP contribution in [0.5, 0.6) is 0 Å². The highest BCUT2D eigenvalue weighted by Crippen LogP contribution is 2.17. The molecular weight excluding hydrogens is 192 g/mol. The summed E-state index contributed by atoms with van der Waals surface area (Å²) in [6.45, 7) is 6.18. The quantitative estimate of drug-likeness (QED) is 0.710. The molecule has 0 aromatic rings. The Kier molecular flexibility index (Phi) is 4.11. The van der Waals surface area contributed by atoms with Crippen molar-refractivity contribution in [2.45, 2.75) is 32.7 Å². The van der Waals surface area contributed by atoms with Gasteiger partial charge in [0.25, 0.3) is 0 Å². The molecule has 1 atom stereocenters. The van der Waals surface area contributed by atoms with Crippen molar-refractivity contribution in [1.82, 2.24) is 10.2 Å². The summed E-state index contributed by atoms with van der Waals surface area (Å²) >= 11 is 0. The van der Waals surface area contributed by atoms with Gasteiger partial charge in [-0.15, -0.1) is 0 Å². The summed E-state index contributed by atoms with van der Waals surface area (Å²) in [5.74, 6) is -0.728. The Morgan fingerprint density at radius 3 is 2.73 bits per heavy atom. The topological polar surface area (TPSA) is 52.6 Å². The van der Waals surface area contributed by atoms with Gasteiger partial charge in [0.1, 0.15) is 0 Å². The van der Waals surface area contributed by atoms with Crippen molar-refractivity contribution < 1.29 is 9.90 Å². The van der Waals surface area contributed by atoms with E-state index >= 15 is 0 Å². The third-order valence-corrected chi connectivity index (χ3v) is 2.94. The summed E-state index contributed by atoms with van der Waals surface area (Å²) in [5, 5.41) is 12.4. The Bertz CT molecular complexity index is 223. The van der Waals surface area contributed by atoms with Crippen LogP contribution in [0, 0.1) is 5.41 Å². The number of carboxylic acid groups (broad SMARTS) is 1. The highest BCUT2D eigenvalue weighted by molar-refractivity contribution is 5.73. The molecule has 0 aromatic heterocycles. The molecule has 1 fully saturated rings. The smallest absolute Gasteiger partial charge is 0.310 e. The maximum atomic E-state index is 11.0. The SMILES string of the molecule is CN(CC1CCCN1)CC(C)(C)C(=O)O. The van der Waals surface area contributed by atoms with Crippen molar-refractivity contribution in [3.05, 3.63) is 0 Å². The zero-order valence-corrected chi connectivity index (χ0v) is 9.92. The summed E-state index contributed by atoms with van der Waals surface area (Å²) < 4.78 is 0. The van der Waals surface area contributed by atoms with Crippen molar-refractivity contribution in [3.8, 4) is 0 Å². The number of carboxylic acids is 1. The first-order valence-corrected chi connectivity index (χ1v) is 5.57. The van der Waals surface area contributed by atoms with E-state index < -0.39 is 11.4 Å². The number of rotatable bonds is 5. The maximum absolute atomic E-state index is 11.0. The van der Waals surface area contributed by atoms with Crippen molar-refractivity contribution in [2.75, 3.05) is 26.7 Å². The molecule has 2 N–H and O–H groups in total. The number of likely N-dealkylation sites (N-methyl/N-ethyl adjacent to an activating group) is 1. The Morgan fingerprint density at radius 2 is 2.27 bits per heavy atom. The van der Waals surface area contributed by atoms with Gasteiger partial charge in [0.15, 0.2) is 0 Å². The molecule has 1 aliphatic rings. The zero-order chi connectivity index (χ0) is 11.5. The van der Waals surface area contributed by atoms with Gasteiger partial charge in [-0.2, -0.15) is 0 Å². The second kappa shape index (κ2) is 4.94. The summed E-state index contributed by atoms with van der Waals surface area (Å²) in [6.07, 6.45) is 2.44. The van der Waals surface area contributed by atoms with Crippen LogP contribution in [0.3, 0.4) is 0 Å². The van der Waals surface area contributed by atoms with Crippen LogP contribution < -0.4 is 5.32 Å². The molecule has 0 radical (unpaired) electrons. The molecule has 88 valence electrons. The van der Waals surface area contributed by atoms with Crippen LogP contribution in [-0.2, 0) is 4.79 Å². The van der Waals surface area contributed by atoms with Crippen LogP contribution in [0.25, 0.3) is 0 Å². The lowest BCUT2D eigenvalue weighted by atomic mass is 9.93. The first-order chi connectivity index (χ1) is 6.92. The molecule has 0 spiro atoms. The standard InChI is InChI=1S/C11H22N2O2/c1-11(2,10(14)15)8-13(3)7-9-5-4-6-12-9/h9,12H,4-8H2,1-3H3,(H,14,15). The van der Waals surface area contributed by atoms with E-state index in [0.717, 1.165) is 13.1 Å². The minimum atomic E-state index is -0.728. The Balaban J connectivity index is 2.34. The molecule has 0 bridgehead atoms. The molecule has 1 rings (SSSR count). The molecule has 0 saturated carbocycles. The van der Waals surface area contributed by atoms with E-state index in [9.17, 15) is 4.79 Å². The van der Waals surface area contributed by atoms with Gasteiger partial charge in [0.2, 0.25) is 0 Å². The second-order valence-electron chi connectivity index (χ2n) is 5.18. The van der Waals surface area contributed by atoms with E-state index in [1.165, 1.54) is 12.8 Å². The third kappa shape index (κ3) is 3.80. The summed E-state index contributed by atoms with van der Waals surface area (Å²) in [4.78, 5) is 13.1. The summed E-state index contributed by atoms with van der Waals surface area (Å²) in [5.41, 5.74) is -0.659. The Hall–Kier alpha value is -0.610. The van der Waals surface area contributed by atoms with E-state index in [2.05, 4.69) is 10.2 Å². The van der Waals surface area contributed by atoms with Gasteiger partial charge in [0.05, 0.1) is 5.41 Å². The van der Waals surface area contributed by atoms with Gasteiger partial charge in [-0.05, 0) is 40.3 Å². The Labute approximate surface area is 91.6 Å². The lowest BCUT2D eigenvalue weighted by Crippen LogP contribution is -2.42. The molecule has 1 aliphatic heterocycles. The van der Waals surface area contributed by atoms with Crippen LogP contribution in [0.2, 0.25) is 0 Å². The minimum absolute atomic E-state index is 0.541. The second-order valence-corrected chi connectivity index (χ2v) is 5.18. The lowest BCUT2D eigenvalue weighted by molar-refractivity contribution is -0.147. The molecule has 0 aromatic carbocycles. The molecule has 4 nitrogen and oxygen atoms in total. The fraction of sp³-hybridized carbons (Fsp3) is 0.909. The van der Waals surface area contributed by atoms with Gasteiger partial charge in [-0.1, -0.05) is 0 Å². The maximum Gasteiger partial charge on any atom is 0.310 e. The number of hydrogen-bond acceptors (Lipinski definition) is 3. The predicted octanol–water partition coefficient (Wildman–Crippen LogP) is 0.781. The van der Waals surface area contributed by atoms with Crippen molar-refractivity contribution in [2.24, 2.45) is 5.41 Å². The van der Waals surface area contributed by atoms with Crippen LogP contribution >= 0.6 is 0 Å². The molecule has 1 saturated heterocycles. The van der Waals surface area contributed by atoms with Crippen LogP contribution in [0.4, 0.5) is 0 Å². The molecule has 0 amide bonds. The molecule has 4 heteroatoms. The number of nitrogens with zero attached hydrogens (tertiary/aromatic N) is 1. The fourth-order valence-corrected chi connectivity index (χ4v) is 2.10. The van der Waals surface area contributed by atoms with Crippen LogP contribution in [0.1, 0.15) is 26.7 Å². The minimum Gasteiger partial charge on any atom is -0.481 e. The first-order valence-electron chi connectivity index (χ1n) is 5.57. The molecule has 1 unspecified atom stereocenters. The number of nitrogens with one attached hydrogen (secondary N) is 1. The zero-order valence-electron chi connectivity index (χ0n) is 9.92. The van der Waals surface area contributed by atoms with Crippen LogP contribution in [0.15, 0.2) is 0 Å². The number of aliphatic carboxylic acids is 1. The van der Waals surface area contributed by atoms with E-state index in [4.69, 9.17) is 5.11 Å². The van der Waals surface area contributed by atoms with Gasteiger partial charge >= 0.3 is 5.97 Å². The molecule has 15 heavy (non-hydrogen) atoms. The van der Waals surface area contributed by atoms with Crippen molar-refractivity contribution in [1.29, 1.82) is 0 Å². The average molecular weight is 214 g/mol. The highest BCUT2D eigenvalue weighted by Gasteiger charge is 2.29. The van der Waals surface area contributed by atoms with E-state index in [1.54, 1.807) is 13.8 Å². The number of hydrogen-bond donors (Lipinski definition) is 2. The normalized spacial score (nSPS) is 22.3. The van der Waals surface area contributed by atoms with E-state index in [-0.39, 0.29) is 0 Å².